The number of amides is 4. The Morgan fingerprint density at radius 1 is 0.857 bits per heavy atom. The van der Waals surface area contributed by atoms with E-state index < -0.39 is 17.8 Å². The molecule has 174 valence electrons. The molecule has 2 heterocycles. The lowest BCUT2D eigenvalue weighted by Crippen LogP contribution is -2.54. The number of nitrogens with zero attached hydrogens (tertiary/aromatic N) is 2. The minimum absolute atomic E-state index is 0.0333. The minimum atomic E-state index is -0.897. The van der Waals surface area contributed by atoms with Crippen molar-refractivity contribution in [2.24, 2.45) is 0 Å². The minimum Gasteiger partial charge on any atom is -0.342 e. The average Bonchev–Trinajstić information content (AvgIpc) is 3.18. The summed E-state index contributed by atoms with van der Waals surface area (Å²) in [7, 11) is 0. The number of carbonyl (C=O) groups excluding carboxylic acids is 3. The van der Waals surface area contributed by atoms with Gasteiger partial charge in [-0.1, -0.05) is 71.2 Å². The van der Waals surface area contributed by atoms with Gasteiger partial charge in [-0.2, -0.15) is 0 Å². The largest absolute Gasteiger partial charge is 0.342 e. The van der Waals surface area contributed by atoms with Gasteiger partial charge in [0.2, 0.25) is 0 Å². The van der Waals surface area contributed by atoms with Crippen molar-refractivity contribution in [3.05, 3.63) is 105 Å². The van der Waals surface area contributed by atoms with Crippen LogP contribution in [0.25, 0.3) is 17.0 Å². The maximum Gasteiger partial charge on any atom is 0.336 e. The normalized spacial score (nSPS) is 15.2. The third-order valence-electron chi connectivity index (χ3n) is 5.66. The van der Waals surface area contributed by atoms with Crippen LogP contribution in [0.1, 0.15) is 11.1 Å². The van der Waals surface area contributed by atoms with Crippen molar-refractivity contribution in [1.29, 1.82) is 0 Å². The van der Waals surface area contributed by atoms with Crippen LogP contribution >= 0.6 is 34.8 Å². The Bertz CT molecular complexity index is 1540. The van der Waals surface area contributed by atoms with Gasteiger partial charge in [0.05, 0.1) is 15.7 Å². The van der Waals surface area contributed by atoms with Crippen LogP contribution in [0.15, 0.2) is 78.5 Å². The molecule has 1 aromatic heterocycles. The van der Waals surface area contributed by atoms with Crippen molar-refractivity contribution in [1.82, 2.24) is 9.88 Å². The summed E-state index contributed by atoms with van der Waals surface area (Å²) in [5, 5.41) is 3.92. The average molecular weight is 525 g/mol. The Morgan fingerprint density at radius 3 is 2.37 bits per heavy atom. The quantitative estimate of drug-likeness (QED) is 0.251. The molecule has 0 atom stereocenters. The molecule has 0 aliphatic carbocycles. The van der Waals surface area contributed by atoms with E-state index in [1.807, 2.05) is 59.3 Å². The van der Waals surface area contributed by atoms with Crippen molar-refractivity contribution in [2.45, 2.75) is 6.54 Å². The number of hydrogen-bond donors (Lipinski definition) is 1. The molecule has 1 aliphatic heterocycles. The number of imide groups is 2. The number of barbiturate groups is 1. The maximum absolute atomic E-state index is 13.3. The van der Waals surface area contributed by atoms with Crippen LogP contribution in [0.5, 0.6) is 0 Å². The Kier molecular flexibility index (Phi) is 6.11. The highest BCUT2D eigenvalue weighted by Gasteiger charge is 2.38. The van der Waals surface area contributed by atoms with Gasteiger partial charge in [-0.3, -0.25) is 14.9 Å². The zero-order chi connectivity index (χ0) is 24.7. The lowest BCUT2D eigenvalue weighted by molar-refractivity contribution is -0.122. The van der Waals surface area contributed by atoms with Crippen LogP contribution in [-0.2, 0) is 16.1 Å². The first kappa shape index (κ1) is 23.2. The van der Waals surface area contributed by atoms with Crippen LogP contribution in [0.3, 0.4) is 0 Å². The van der Waals surface area contributed by atoms with E-state index >= 15 is 0 Å². The number of para-hydroxylation sites is 1. The molecule has 1 aliphatic rings. The van der Waals surface area contributed by atoms with E-state index in [-0.39, 0.29) is 21.3 Å². The van der Waals surface area contributed by atoms with Crippen LogP contribution < -0.4 is 10.2 Å². The van der Waals surface area contributed by atoms with Gasteiger partial charge >= 0.3 is 6.03 Å². The number of fused-ring (bicyclic) bond motifs is 1. The van der Waals surface area contributed by atoms with Gasteiger partial charge in [0.25, 0.3) is 11.8 Å². The molecule has 35 heavy (non-hydrogen) atoms. The molecular formula is C26H16Cl3N3O3. The molecule has 5 rings (SSSR count). The highest BCUT2D eigenvalue weighted by molar-refractivity contribution is 6.46. The van der Waals surface area contributed by atoms with E-state index in [4.69, 9.17) is 34.8 Å². The predicted molar refractivity (Wildman–Crippen MR) is 138 cm³/mol. The number of urea groups is 1. The monoisotopic (exact) mass is 523 g/mol. The molecule has 0 bridgehead atoms. The number of rotatable bonds is 4. The summed E-state index contributed by atoms with van der Waals surface area (Å²) in [6, 6.07) is 18.9. The second kappa shape index (κ2) is 9.23. The fourth-order valence-electron chi connectivity index (χ4n) is 4.00. The standard InChI is InChI=1S/C26H16Cl3N3O3/c27-17-10-8-15(9-11-17)13-31-14-16(18-4-1-2-6-21(18)31)12-19-24(33)30-26(35)32(25(19)34)22-7-3-5-20(28)23(22)29/h1-12,14H,13H2,(H,30,33,35)/b19-12+. The van der Waals surface area contributed by atoms with E-state index in [1.165, 1.54) is 18.2 Å². The lowest BCUT2D eigenvalue weighted by atomic mass is 10.1. The third-order valence-corrected chi connectivity index (χ3v) is 6.72. The predicted octanol–water partition coefficient (Wildman–Crippen LogP) is 6.32. The summed E-state index contributed by atoms with van der Waals surface area (Å²) >= 11 is 18.3. The molecule has 0 unspecified atom stereocenters. The molecule has 4 amide bonds. The molecule has 0 spiro atoms. The molecule has 3 aromatic carbocycles. The second-order valence-corrected chi connectivity index (χ2v) is 9.11. The summed E-state index contributed by atoms with van der Waals surface area (Å²) in [4.78, 5) is 39.4. The number of hydrogen-bond acceptors (Lipinski definition) is 3. The molecule has 1 N–H and O–H groups in total. The van der Waals surface area contributed by atoms with Crippen LogP contribution in [0, 0.1) is 0 Å². The van der Waals surface area contributed by atoms with Crippen molar-refractivity contribution in [3.63, 3.8) is 0 Å². The van der Waals surface area contributed by atoms with Crippen LogP contribution in [0.4, 0.5) is 10.5 Å². The van der Waals surface area contributed by atoms with Crippen LogP contribution in [0.2, 0.25) is 15.1 Å². The molecule has 4 aromatic rings. The first-order valence-electron chi connectivity index (χ1n) is 10.5. The summed E-state index contributed by atoms with van der Waals surface area (Å²) < 4.78 is 2.02. The SMILES string of the molecule is O=C1NC(=O)N(c2cccc(Cl)c2Cl)C(=O)/C1=C/c1cn(Cc2ccc(Cl)cc2)c2ccccc12. The van der Waals surface area contributed by atoms with Gasteiger partial charge in [0.15, 0.2) is 0 Å². The summed E-state index contributed by atoms with van der Waals surface area (Å²) in [6.45, 7) is 0.559. The van der Waals surface area contributed by atoms with E-state index in [2.05, 4.69) is 5.32 Å². The van der Waals surface area contributed by atoms with Crippen molar-refractivity contribution >= 4 is 75.3 Å². The maximum atomic E-state index is 13.3. The first-order chi connectivity index (χ1) is 16.8. The highest BCUT2D eigenvalue weighted by Crippen LogP contribution is 2.34. The number of halogens is 3. The van der Waals surface area contributed by atoms with Gasteiger partial charge in [0.1, 0.15) is 5.57 Å². The second-order valence-electron chi connectivity index (χ2n) is 7.89. The molecule has 0 saturated carbocycles. The fraction of sp³-hybridized carbons (Fsp3) is 0.0385. The highest BCUT2D eigenvalue weighted by atomic mass is 35.5. The molecule has 9 heteroatoms. The molecule has 1 fully saturated rings. The van der Waals surface area contributed by atoms with Gasteiger partial charge < -0.3 is 4.57 Å². The first-order valence-corrected chi connectivity index (χ1v) is 11.6. The topological polar surface area (TPSA) is 71.4 Å². The number of nitrogens with one attached hydrogen (secondary N) is 1. The Hall–Kier alpha value is -3.58. The van der Waals surface area contributed by atoms with Gasteiger partial charge in [-0.05, 0) is 42.0 Å². The van der Waals surface area contributed by atoms with Crippen molar-refractivity contribution in [2.75, 3.05) is 4.90 Å². The summed E-state index contributed by atoms with van der Waals surface area (Å²) in [5.74, 6) is -1.58. The zero-order valence-electron chi connectivity index (χ0n) is 18.0. The number of aromatic nitrogens is 1. The van der Waals surface area contributed by atoms with Crippen molar-refractivity contribution < 1.29 is 14.4 Å². The molecule has 1 saturated heterocycles. The Balaban J connectivity index is 1.58. The lowest BCUT2D eigenvalue weighted by Gasteiger charge is -2.27. The Labute approximate surface area is 215 Å². The fourth-order valence-corrected chi connectivity index (χ4v) is 4.51. The number of anilines is 1. The Morgan fingerprint density at radius 2 is 1.60 bits per heavy atom. The van der Waals surface area contributed by atoms with E-state index in [9.17, 15) is 14.4 Å². The van der Waals surface area contributed by atoms with E-state index in [0.717, 1.165) is 21.4 Å². The summed E-state index contributed by atoms with van der Waals surface area (Å²) in [6.07, 6.45) is 3.34. The zero-order valence-corrected chi connectivity index (χ0v) is 20.2. The third kappa shape index (κ3) is 4.32. The molecule has 6 nitrogen and oxygen atoms in total. The number of carbonyl (C=O) groups is 3. The van der Waals surface area contributed by atoms with Crippen molar-refractivity contribution in [3.8, 4) is 0 Å². The van der Waals surface area contributed by atoms with Gasteiger partial charge in [-0.25, -0.2) is 9.69 Å². The van der Waals surface area contributed by atoms with Gasteiger partial charge in [0, 0.05) is 34.2 Å². The summed E-state index contributed by atoms with van der Waals surface area (Å²) in [5.41, 5.74) is 2.50. The van der Waals surface area contributed by atoms with E-state index in [0.29, 0.717) is 17.1 Å². The smallest absolute Gasteiger partial charge is 0.336 e. The van der Waals surface area contributed by atoms with E-state index in [1.54, 1.807) is 6.07 Å². The number of benzene rings is 3. The molecular weight excluding hydrogens is 509 g/mol. The van der Waals surface area contributed by atoms with Gasteiger partial charge in [-0.15, -0.1) is 0 Å². The molecule has 0 radical (unpaired) electrons. The van der Waals surface area contributed by atoms with Crippen LogP contribution in [-0.4, -0.2) is 22.4 Å².